The summed E-state index contributed by atoms with van der Waals surface area (Å²) in [4.78, 5) is 49.1. The van der Waals surface area contributed by atoms with Crippen molar-refractivity contribution >= 4 is 35.4 Å². The van der Waals surface area contributed by atoms with E-state index in [4.69, 9.17) is 0 Å². The summed E-state index contributed by atoms with van der Waals surface area (Å²) in [5, 5.41) is 0. The van der Waals surface area contributed by atoms with Crippen LogP contribution in [0.4, 0.5) is 0 Å². The number of amides is 4. The van der Waals surface area contributed by atoms with E-state index >= 15 is 0 Å². The summed E-state index contributed by atoms with van der Waals surface area (Å²) in [5.41, 5.74) is 0. The molecule has 2 saturated heterocycles. The maximum atomic E-state index is 11.6. The average molecular weight is 312 g/mol. The Hall–Kier alpha value is -1.37. The molecule has 2 aliphatic rings. The Morgan fingerprint density at radius 3 is 1.33 bits per heavy atom. The summed E-state index contributed by atoms with van der Waals surface area (Å²) < 4.78 is 0. The number of likely N-dealkylation sites (tertiary alicyclic amines) is 2. The fourth-order valence-electron chi connectivity index (χ4n) is 2.73. The molecule has 2 heterocycles. The van der Waals surface area contributed by atoms with E-state index in [1.165, 1.54) is 9.80 Å². The lowest BCUT2D eigenvalue weighted by atomic mass is 10.3. The highest BCUT2D eigenvalue weighted by atomic mass is 32.2. The zero-order valence-corrected chi connectivity index (χ0v) is 13.1. The van der Waals surface area contributed by atoms with Crippen molar-refractivity contribution in [2.75, 3.05) is 11.5 Å². The lowest BCUT2D eigenvalue weighted by Crippen LogP contribution is -2.41. The molecule has 0 aromatic heterocycles. The van der Waals surface area contributed by atoms with Crippen LogP contribution < -0.4 is 0 Å². The molecule has 0 N–H and O–H groups in total. The molecule has 0 bridgehead atoms. The SMILES string of the molecule is CC(CSCC(C)N1C(=O)CCC1=O)N1C(=O)CCC1=O. The fraction of sp³-hybridized carbons (Fsp3) is 0.714. The van der Waals surface area contributed by atoms with Crippen LogP contribution in [-0.4, -0.2) is 57.0 Å². The Labute approximate surface area is 128 Å². The topological polar surface area (TPSA) is 74.8 Å². The van der Waals surface area contributed by atoms with Crippen molar-refractivity contribution in [3.8, 4) is 0 Å². The lowest BCUT2D eigenvalue weighted by Gasteiger charge is -2.25. The minimum Gasteiger partial charge on any atom is -0.279 e. The lowest BCUT2D eigenvalue weighted by molar-refractivity contribution is -0.141. The van der Waals surface area contributed by atoms with Gasteiger partial charge in [-0.25, -0.2) is 0 Å². The van der Waals surface area contributed by atoms with E-state index in [9.17, 15) is 19.2 Å². The van der Waals surface area contributed by atoms with Gasteiger partial charge in [-0.1, -0.05) is 0 Å². The number of carbonyl (C=O) groups is 4. The molecule has 7 heteroatoms. The highest BCUT2D eigenvalue weighted by Crippen LogP contribution is 2.21. The fourth-order valence-corrected chi connectivity index (χ4v) is 3.85. The molecule has 2 unspecified atom stereocenters. The second-order valence-electron chi connectivity index (χ2n) is 5.55. The second-order valence-corrected chi connectivity index (χ2v) is 6.63. The summed E-state index contributed by atoms with van der Waals surface area (Å²) >= 11 is 1.56. The molecule has 0 radical (unpaired) electrons. The first-order chi connectivity index (χ1) is 9.91. The van der Waals surface area contributed by atoms with E-state index in [2.05, 4.69) is 0 Å². The Bertz CT molecular complexity index is 406. The van der Waals surface area contributed by atoms with Gasteiger partial charge >= 0.3 is 0 Å². The summed E-state index contributed by atoms with van der Waals surface area (Å²) in [6.07, 6.45) is 1.23. The van der Waals surface area contributed by atoms with Crippen molar-refractivity contribution in [1.29, 1.82) is 0 Å². The Balaban J connectivity index is 1.78. The molecule has 4 amide bonds. The van der Waals surface area contributed by atoms with Crippen LogP contribution >= 0.6 is 11.8 Å². The number of thioether (sulfide) groups is 1. The smallest absolute Gasteiger partial charge is 0.229 e. The maximum Gasteiger partial charge on any atom is 0.229 e. The van der Waals surface area contributed by atoms with E-state index < -0.39 is 0 Å². The molecule has 2 aliphatic heterocycles. The largest absolute Gasteiger partial charge is 0.279 e. The first-order valence-electron chi connectivity index (χ1n) is 7.19. The van der Waals surface area contributed by atoms with Gasteiger partial charge in [0.1, 0.15) is 0 Å². The van der Waals surface area contributed by atoms with Gasteiger partial charge in [0, 0.05) is 49.3 Å². The van der Waals surface area contributed by atoms with Crippen LogP contribution in [0.15, 0.2) is 0 Å². The summed E-state index contributed by atoms with van der Waals surface area (Å²) in [5.74, 6) is 0.824. The third-order valence-electron chi connectivity index (χ3n) is 3.78. The predicted molar refractivity (Wildman–Crippen MR) is 78.4 cm³/mol. The Morgan fingerprint density at radius 1 is 0.762 bits per heavy atom. The van der Waals surface area contributed by atoms with Crippen LogP contribution in [0.5, 0.6) is 0 Å². The first-order valence-corrected chi connectivity index (χ1v) is 8.34. The summed E-state index contributed by atoms with van der Waals surface area (Å²) in [6, 6.07) is -0.288. The third-order valence-corrected chi connectivity index (χ3v) is 5.22. The van der Waals surface area contributed by atoms with Crippen molar-refractivity contribution in [3.63, 3.8) is 0 Å². The van der Waals surface area contributed by atoms with Crippen molar-refractivity contribution in [2.45, 2.75) is 51.6 Å². The number of hydrogen-bond acceptors (Lipinski definition) is 5. The van der Waals surface area contributed by atoms with Gasteiger partial charge in [0.15, 0.2) is 0 Å². The molecule has 21 heavy (non-hydrogen) atoms. The van der Waals surface area contributed by atoms with Gasteiger partial charge in [0.25, 0.3) is 0 Å². The quantitative estimate of drug-likeness (QED) is 0.678. The normalized spacial score (nSPS) is 22.4. The molecule has 2 fully saturated rings. The van der Waals surface area contributed by atoms with Crippen LogP contribution in [-0.2, 0) is 19.2 Å². The van der Waals surface area contributed by atoms with E-state index in [-0.39, 0.29) is 35.7 Å². The van der Waals surface area contributed by atoms with Crippen molar-refractivity contribution in [2.24, 2.45) is 0 Å². The predicted octanol–water partition coefficient (Wildman–Crippen LogP) is 0.795. The molecule has 116 valence electrons. The van der Waals surface area contributed by atoms with Gasteiger partial charge in [-0.2, -0.15) is 11.8 Å². The first kappa shape index (κ1) is 16.0. The molecule has 2 rings (SSSR count). The van der Waals surface area contributed by atoms with Gasteiger partial charge in [-0.3, -0.25) is 29.0 Å². The molecule has 2 atom stereocenters. The molecule has 0 spiro atoms. The molecular weight excluding hydrogens is 292 g/mol. The van der Waals surface area contributed by atoms with Gasteiger partial charge in [-0.05, 0) is 13.8 Å². The minimum atomic E-state index is -0.144. The number of rotatable bonds is 6. The van der Waals surface area contributed by atoms with Crippen LogP contribution in [0.3, 0.4) is 0 Å². The van der Waals surface area contributed by atoms with Gasteiger partial charge in [-0.15, -0.1) is 0 Å². The van der Waals surface area contributed by atoms with Crippen LogP contribution in [0.25, 0.3) is 0 Å². The van der Waals surface area contributed by atoms with Crippen molar-refractivity contribution in [3.05, 3.63) is 0 Å². The molecule has 0 saturated carbocycles. The second kappa shape index (κ2) is 6.60. The molecular formula is C14H20N2O4S. The minimum absolute atomic E-state index is 0.106. The van der Waals surface area contributed by atoms with E-state index in [1.54, 1.807) is 11.8 Å². The monoisotopic (exact) mass is 312 g/mol. The zero-order chi connectivity index (χ0) is 15.6. The van der Waals surface area contributed by atoms with Gasteiger partial charge < -0.3 is 0 Å². The summed E-state index contributed by atoms with van der Waals surface area (Å²) in [6.45, 7) is 3.70. The van der Waals surface area contributed by atoms with Crippen LogP contribution in [0.2, 0.25) is 0 Å². The highest BCUT2D eigenvalue weighted by molar-refractivity contribution is 7.99. The van der Waals surface area contributed by atoms with E-state index in [0.29, 0.717) is 37.2 Å². The van der Waals surface area contributed by atoms with Gasteiger partial charge in [0.2, 0.25) is 23.6 Å². The number of imide groups is 2. The molecule has 0 aliphatic carbocycles. The van der Waals surface area contributed by atoms with Crippen LogP contribution in [0.1, 0.15) is 39.5 Å². The van der Waals surface area contributed by atoms with Crippen LogP contribution in [0, 0.1) is 0 Å². The van der Waals surface area contributed by atoms with Gasteiger partial charge in [0.05, 0.1) is 0 Å². The standard InChI is InChI=1S/C14H20N2O4S/c1-9(15-11(17)3-4-12(15)18)7-21-8-10(2)16-13(19)5-6-14(16)20/h9-10H,3-8H2,1-2H3. The van der Waals surface area contributed by atoms with Crippen molar-refractivity contribution in [1.82, 2.24) is 9.80 Å². The summed E-state index contributed by atoms with van der Waals surface area (Å²) in [7, 11) is 0. The average Bonchev–Trinajstić information content (AvgIpc) is 2.92. The highest BCUT2D eigenvalue weighted by Gasteiger charge is 2.34. The zero-order valence-electron chi connectivity index (χ0n) is 12.3. The number of hydrogen-bond donors (Lipinski definition) is 0. The Morgan fingerprint density at radius 2 is 1.05 bits per heavy atom. The molecule has 6 nitrogen and oxygen atoms in total. The Kier molecular flexibility index (Phi) is 5.03. The maximum absolute atomic E-state index is 11.6. The molecule has 0 aromatic carbocycles. The number of nitrogens with zero attached hydrogens (tertiary/aromatic N) is 2. The van der Waals surface area contributed by atoms with E-state index in [0.717, 1.165) is 0 Å². The third kappa shape index (κ3) is 3.45. The van der Waals surface area contributed by atoms with E-state index in [1.807, 2.05) is 13.8 Å². The molecule has 0 aromatic rings. The number of carbonyl (C=O) groups excluding carboxylic acids is 4. The van der Waals surface area contributed by atoms with Crippen molar-refractivity contribution < 1.29 is 19.2 Å².